The van der Waals surface area contributed by atoms with Crippen LogP contribution in [0.4, 0.5) is 23.4 Å². The summed E-state index contributed by atoms with van der Waals surface area (Å²) in [4.78, 5) is 22.9. The minimum atomic E-state index is -4.74. The molecule has 4 aromatic rings. The second-order valence-corrected chi connectivity index (χ2v) is 9.69. The van der Waals surface area contributed by atoms with E-state index in [0.29, 0.717) is 12.4 Å². The Labute approximate surface area is 223 Å². The van der Waals surface area contributed by atoms with Crippen LogP contribution in [0.15, 0.2) is 24.7 Å². The SMILES string of the molecule is COc1ncc(-c2cc(C(F)(F)F)c3c(N)ncnn23)cc1C(=O)NC1CN(Cc2nnnn2C2CC2)CC1F. The van der Waals surface area contributed by atoms with E-state index in [-0.39, 0.29) is 47.7 Å². The van der Waals surface area contributed by atoms with Gasteiger partial charge in [-0.25, -0.2) is 23.6 Å². The van der Waals surface area contributed by atoms with Crippen molar-refractivity contribution in [1.29, 1.82) is 0 Å². The highest BCUT2D eigenvalue weighted by Gasteiger charge is 2.38. The lowest BCUT2D eigenvalue weighted by Gasteiger charge is -2.17. The van der Waals surface area contributed by atoms with Crippen molar-refractivity contribution in [2.45, 2.75) is 43.8 Å². The van der Waals surface area contributed by atoms with Gasteiger partial charge in [0.2, 0.25) is 5.88 Å². The van der Waals surface area contributed by atoms with Gasteiger partial charge in [-0.1, -0.05) is 0 Å². The lowest BCUT2D eigenvalue weighted by atomic mass is 10.1. The Morgan fingerprint density at radius 2 is 2.02 bits per heavy atom. The van der Waals surface area contributed by atoms with Crippen LogP contribution >= 0.6 is 0 Å². The number of ether oxygens (including phenoxy) is 1. The van der Waals surface area contributed by atoms with E-state index in [1.807, 2.05) is 4.90 Å². The highest BCUT2D eigenvalue weighted by molar-refractivity contribution is 5.98. The molecule has 1 saturated heterocycles. The molecular formula is C23H23F4N11O2. The van der Waals surface area contributed by atoms with Crippen LogP contribution in [0, 0.1) is 0 Å². The van der Waals surface area contributed by atoms with E-state index in [1.54, 1.807) is 4.68 Å². The molecule has 40 heavy (non-hydrogen) atoms. The van der Waals surface area contributed by atoms with Gasteiger partial charge in [-0.2, -0.15) is 18.3 Å². The van der Waals surface area contributed by atoms with Crippen LogP contribution in [0.3, 0.4) is 0 Å². The fourth-order valence-electron chi connectivity index (χ4n) is 4.88. The van der Waals surface area contributed by atoms with Gasteiger partial charge in [-0.15, -0.1) is 5.10 Å². The number of fused-ring (bicyclic) bond motifs is 1. The third-order valence-electron chi connectivity index (χ3n) is 6.93. The fourth-order valence-corrected chi connectivity index (χ4v) is 4.88. The zero-order valence-corrected chi connectivity index (χ0v) is 21.0. The summed E-state index contributed by atoms with van der Waals surface area (Å²) in [6.45, 7) is 0.591. The first-order valence-corrected chi connectivity index (χ1v) is 12.3. The molecule has 0 spiro atoms. The summed E-state index contributed by atoms with van der Waals surface area (Å²) in [5.74, 6) is -0.517. The predicted molar refractivity (Wildman–Crippen MR) is 130 cm³/mol. The van der Waals surface area contributed by atoms with Crippen molar-refractivity contribution in [1.82, 2.24) is 50.0 Å². The molecule has 2 aliphatic rings. The lowest BCUT2D eigenvalue weighted by Crippen LogP contribution is -2.41. The van der Waals surface area contributed by atoms with Gasteiger partial charge in [0.25, 0.3) is 5.91 Å². The minimum Gasteiger partial charge on any atom is -0.480 e. The Morgan fingerprint density at radius 3 is 2.75 bits per heavy atom. The number of amides is 1. The summed E-state index contributed by atoms with van der Waals surface area (Å²) >= 11 is 0. The third kappa shape index (κ3) is 4.65. The first-order valence-electron chi connectivity index (χ1n) is 12.3. The van der Waals surface area contributed by atoms with Crippen LogP contribution in [-0.2, 0) is 12.7 Å². The molecule has 1 aliphatic carbocycles. The molecule has 5 heterocycles. The number of hydrogen-bond donors (Lipinski definition) is 2. The van der Waals surface area contributed by atoms with Crippen molar-refractivity contribution >= 4 is 17.2 Å². The topological polar surface area (TPSA) is 154 Å². The number of alkyl halides is 4. The van der Waals surface area contributed by atoms with Gasteiger partial charge in [0.1, 0.15) is 23.6 Å². The van der Waals surface area contributed by atoms with E-state index in [4.69, 9.17) is 10.5 Å². The Balaban J connectivity index is 1.25. The first-order chi connectivity index (χ1) is 19.1. The van der Waals surface area contributed by atoms with Crippen LogP contribution in [-0.4, -0.2) is 83.0 Å². The summed E-state index contributed by atoms with van der Waals surface area (Å²) in [6, 6.07) is 1.58. The van der Waals surface area contributed by atoms with E-state index in [0.717, 1.165) is 29.8 Å². The zero-order chi connectivity index (χ0) is 28.2. The van der Waals surface area contributed by atoms with E-state index < -0.39 is 35.4 Å². The molecular weight excluding hydrogens is 538 g/mol. The molecule has 1 aliphatic heterocycles. The maximum Gasteiger partial charge on any atom is 0.418 e. The van der Waals surface area contributed by atoms with Gasteiger partial charge >= 0.3 is 6.18 Å². The van der Waals surface area contributed by atoms with Gasteiger partial charge in [0, 0.05) is 24.8 Å². The number of nitrogen functional groups attached to an aromatic ring is 1. The smallest absolute Gasteiger partial charge is 0.418 e. The molecule has 1 amide bonds. The van der Waals surface area contributed by atoms with Gasteiger partial charge in [0.15, 0.2) is 11.6 Å². The average molecular weight is 562 g/mol. The number of halogens is 4. The molecule has 2 atom stereocenters. The normalized spacial score (nSPS) is 19.8. The van der Waals surface area contributed by atoms with Crippen LogP contribution in [0.25, 0.3) is 16.8 Å². The Morgan fingerprint density at radius 1 is 1.23 bits per heavy atom. The van der Waals surface area contributed by atoms with Gasteiger partial charge in [-0.05, 0) is 35.4 Å². The number of pyridine rings is 1. The van der Waals surface area contributed by atoms with Crippen molar-refractivity contribution in [3.05, 3.63) is 41.6 Å². The number of rotatable bonds is 7. The molecule has 210 valence electrons. The largest absolute Gasteiger partial charge is 0.480 e. The molecule has 13 nitrogen and oxygen atoms in total. The number of nitrogens with two attached hydrogens (primary N) is 1. The Hall–Kier alpha value is -4.41. The fraction of sp³-hybridized carbons (Fsp3) is 0.435. The van der Waals surface area contributed by atoms with Gasteiger partial charge in [-0.3, -0.25) is 9.69 Å². The van der Waals surface area contributed by atoms with E-state index in [2.05, 4.69) is 35.9 Å². The molecule has 0 bridgehead atoms. The molecule has 3 N–H and O–H groups in total. The van der Waals surface area contributed by atoms with Crippen LogP contribution < -0.4 is 15.8 Å². The number of carbonyl (C=O) groups excluding carboxylic acids is 1. The molecule has 4 aromatic heterocycles. The second kappa shape index (κ2) is 9.65. The molecule has 17 heteroatoms. The van der Waals surface area contributed by atoms with Crippen molar-refractivity contribution < 1.29 is 27.1 Å². The molecule has 1 saturated carbocycles. The monoisotopic (exact) mass is 561 g/mol. The van der Waals surface area contributed by atoms with Crippen molar-refractivity contribution in [3.8, 4) is 17.1 Å². The number of anilines is 1. The maximum atomic E-state index is 15.0. The summed E-state index contributed by atoms with van der Waals surface area (Å²) in [5.41, 5.74) is 4.28. The highest BCUT2D eigenvalue weighted by atomic mass is 19.4. The molecule has 0 radical (unpaired) electrons. The van der Waals surface area contributed by atoms with Gasteiger partial charge < -0.3 is 15.8 Å². The average Bonchev–Trinajstić information content (AvgIpc) is 3.35. The Kier molecular flexibility index (Phi) is 6.24. The van der Waals surface area contributed by atoms with Crippen LogP contribution in [0.5, 0.6) is 5.88 Å². The highest BCUT2D eigenvalue weighted by Crippen LogP contribution is 2.39. The number of hydrogen-bond acceptors (Lipinski definition) is 10. The van der Waals surface area contributed by atoms with Crippen LogP contribution in [0.2, 0.25) is 0 Å². The summed E-state index contributed by atoms with van der Waals surface area (Å²) < 4.78 is 64.2. The predicted octanol–water partition coefficient (Wildman–Crippen LogP) is 1.67. The number of nitrogens with one attached hydrogen (secondary N) is 1. The maximum absolute atomic E-state index is 15.0. The van der Waals surface area contributed by atoms with E-state index in [9.17, 15) is 22.4 Å². The first kappa shape index (κ1) is 25.8. The van der Waals surface area contributed by atoms with Crippen molar-refractivity contribution in [3.63, 3.8) is 0 Å². The summed E-state index contributed by atoms with van der Waals surface area (Å²) in [6.07, 6.45) is -1.86. The van der Waals surface area contributed by atoms with Crippen LogP contribution in [0.1, 0.15) is 40.6 Å². The second-order valence-electron chi connectivity index (χ2n) is 9.69. The number of methoxy groups -OCH3 is 1. The molecule has 2 fully saturated rings. The molecule has 0 aromatic carbocycles. The molecule has 6 rings (SSSR count). The van der Waals surface area contributed by atoms with E-state index >= 15 is 0 Å². The zero-order valence-electron chi connectivity index (χ0n) is 21.0. The van der Waals surface area contributed by atoms with Gasteiger partial charge in [0.05, 0.1) is 37.0 Å². The Bertz CT molecular complexity index is 1580. The van der Waals surface area contributed by atoms with Crippen molar-refractivity contribution in [2.75, 3.05) is 25.9 Å². The number of aromatic nitrogens is 8. The summed E-state index contributed by atoms with van der Waals surface area (Å²) in [7, 11) is 1.29. The van der Waals surface area contributed by atoms with E-state index in [1.165, 1.54) is 19.4 Å². The van der Waals surface area contributed by atoms with Crippen molar-refractivity contribution in [2.24, 2.45) is 0 Å². The quantitative estimate of drug-likeness (QED) is 0.319. The number of nitrogens with zero attached hydrogens (tertiary/aromatic N) is 9. The number of likely N-dealkylation sites (tertiary alicyclic amines) is 1. The number of carbonyl (C=O) groups is 1. The number of tetrazole rings is 1. The molecule has 2 unspecified atom stereocenters. The lowest BCUT2D eigenvalue weighted by molar-refractivity contribution is -0.136. The third-order valence-corrected chi connectivity index (χ3v) is 6.93. The summed E-state index contributed by atoms with van der Waals surface area (Å²) in [5, 5.41) is 18.3. The minimum absolute atomic E-state index is 0.0237. The standard InChI is InChI=1S/C23H23F4N11O2/c1-40-22-13(4-11(6-29-22)17-5-14(23(25,26)27)19-20(28)30-10-31-38(17)19)21(39)32-16-8-36(7-15(16)24)9-18-33-34-35-37(18)12-2-3-12/h4-6,10,12,15-16H,2-3,7-9H2,1H3,(H,32,39)(H2,28,30,31).